The minimum Gasteiger partial charge on any atom is -0.380 e. The maximum Gasteiger partial charge on any atom is 0.195 e. The lowest BCUT2D eigenvalue weighted by molar-refractivity contribution is 0.121. The molecule has 110 valence electrons. The summed E-state index contributed by atoms with van der Waals surface area (Å²) in [4.78, 5) is 8.24. The number of anilines is 1. The lowest BCUT2D eigenvalue weighted by atomic mass is 10.3. The quantitative estimate of drug-likeness (QED) is 0.917. The number of ether oxygens (including phenoxy) is 1. The molecule has 6 heteroatoms. The van der Waals surface area contributed by atoms with Gasteiger partial charge in [0.25, 0.3) is 0 Å². The zero-order valence-corrected chi connectivity index (χ0v) is 13.1. The summed E-state index contributed by atoms with van der Waals surface area (Å²) < 4.78 is 7.67. The Morgan fingerprint density at radius 3 is 3.10 bits per heavy atom. The van der Waals surface area contributed by atoms with Gasteiger partial charge < -0.3 is 15.0 Å². The monoisotopic (exact) mass is 294 g/mol. The summed E-state index contributed by atoms with van der Waals surface area (Å²) in [5.74, 6) is 1.12. The first-order chi connectivity index (χ1) is 9.69. The third-order valence-electron chi connectivity index (χ3n) is 3.80. The first-order valence-corrected chi connectivity index (χ1v) is 8.02. The second-order valence-electron chi connectivity index (χ2n) is 5.57. The number of imidazole rings is 1. The van der Waals surface area contributed by atoms with Gasteiger partial charge in [-0.3, -0.25) is 4.40 Å². The number of nitrogens with one attached hydrogen (secondary N) is 1. The van der Waals surface area contributed by atoms with Crippen molar-refractivity contribution in [2.45, 2.75) is 39.0 Å². The summed E-state index contributed by atoms with van der Waals surface area (Å²) in [5, 5.41) is 5.59. The second-order valence-corrected chi connectivity index (χ2v) is 6.44. The van der Waals surface area contributed by atoms with Crippen molar-refractivity contribution in [2.24, 2.45) is 0 Å². The molecule has 0 amide bonds. The van der Waals surface area contributed by atoms with Crippen LogP contribution in [0.5, 0.6) is 0 Å². The van der Waals surface area contributed by atoms with E-state index in [4.69, 9.17) is 9.72 Å². The molecule has 0 aromatic carbocycles. The molecule has 1 fully saturated rings. The molecule has 3 rings (SSSR count). The number of hydrogen-bond donors (Lipinski definition) is 1. The van der Waals surface area contributed by atoms with Crippen LogP contribution in [0.25, 0.3) is 4.96 Å². The molecule has 0 radical (unpaired) electrons. The van der Waals surface area contributed by atoms with Crippen LogP contribution in [0.4, 0.5) is 5.82 Å². The summed E-state index contributed by atoms with van der Waals surface area (Å²) in [7, 11) is 1.79. The van der Waals surface area contributed by atoms with Gasteiger partial charge in [-0.15, -0.1) is 11.3 Å². The normalized spacial score (nSPS) is 19.6. The molecule has 0 saturated carbocycles. The molecule has 3 heterocycles. The minimum atomic E-state index is 0.334. The van der Waals surface area contributed by atoms with Gasteiger partial charge in [0, 0.05) is 44.4 Å². The average molecular weight is 294 g/mol. The number of fused-ring (bicyclic) bond motifs is 1. The highest BCUT2D eigenvalue weighted by Crippen LogP contribution is 2.28. The van der Waals surface area contributed by atoms with Crippen LogP contribution < -0.4 is 10.2 Å². The van der Waals surface area contributed by atoms with Crippen LogP contribution in [0.15, 0.2) is 11.6 Å². The van der Waals surface area contributed by atoms with Crippen molar-refractivity contribution in [3.05, 3.63) is 17.3 Å². The number of rotatable bonds is 5. The van der Waals surface area contributed by atoms with Crippen molar-refractivity contribution >= 4 is 22.1 Å². The molecular weight excluding hydrogens is 272 g/mol. The molecule has 0 bridgehead atoms. The van der Waals surface area contributed by atoms with E-state index in [0.717, 1.165) is 36.8 Å². The molecule has 2 aromatic rings. The van der Waals surface area contributed by atoms with Gasteiger partial charge in [-0.05, 0) is 6.42 Å². The zero-order chi connectivity index (χ0) is 14.1. The van der Waals surface area contributed by atoms with E-state index in [1.807, 2.05) is 0 Å². The largest absolute Gasteiger partial charge is 0.380 e. The molecular formula is C14H22N4OS. The number of methoxy groups -OCH3 is 1. The summed E-state index contributed by atoms with van der Waals surface area (Å²) in [6, 6.07) is 0.470. The lowest BCUT2D eigenvalue weighted by Crippen LogP contribution is -2.27. The Balaban J connectivity index is 1.89. The standard InChI is InChI=1S/C14H22N4OS/c1-10(2)15-8-12-13(16-14-18(12)6-7-20-14)17-5-4-11(9-17)19-3/h6-7,10-11,15H,4-5,8-9H2,1-3H3. The molecule has 2 aromatic heterocycles. The third kappa shape index (κ3) is 2.55. The fourth-order valence-corrected chi connectivity index (χ4v) is 3.38. The van der Waals surface area contributed by atoms with E-state index in [0.29, 0.717) is 12.1 Å². The van der Waals surface area contributed by atoms with Gasteiger partial charge in [0.15, 0.2) is 10.8 Å². The van der Waals surface area contributed by atoms with E-state index in [1.165, 1.54) is 5.69 Å². The van der Waals surface area contributed by atoms with Gasteiger partial charge >= 0.3 is 0 Å². The number of hydrogen-bond acceptors (Lipinski definition) is 5. The van der Waals surface area contributed by atoms with Crippen LogP contribution >= 0.6 is 11.3 Å². The highest BCUT2D eigenvalue weighted by Gasteiger charge is 2.27. The van der Waals surface area contributed by atoms with Crippen molar-refractivity contribution in [3.8, 4) is 0 Å². The molecule has 5 nitrogen and oxygen atoms in total. The Bertz CT molecular complexity index is 577. The van der Waals surface area contributed by atoms with Gasteiger partial charge in [-0.1, -0.05) is 13.8 Å². The van der Waals surface area contributed by atoms with Gasteiger partial charge in [-0.2, -0.15) is 0 Å². The molecule has 20 heavy (non-hydrogen) atoms. The van der Waals surface area contributed by atoms with Crippen LogP contribution in [0.2, 0.25) is 0 Å². The molecule has 0 aliphatic carbocycles. The van der Waals surface area contributed by atoms with Crippen LogP contribution in [0, 0.1) is 0 Å². The van der Waals surface area contributed by atoms with Gasteiger partial charge in [0.1, 0.15) is 0 Å². The van der Waals surface area contributed by atoms with Crippen LogP contribution in [0.1, 0.15) is 26.0 Å². The first kappa shape index (κ1) is 13.9. The summed E-state index contributed by atoms with van der Waals surface area (Å²) in [5.41, 5.74) is 1.26. The average Bonchev–Trinajstić information content (AvgIpc) is 3.11. The molecule has 1 aliphatic heterocycles. The highest BCUT2D eigenvalue weighted by atomic mass is 32.1. The Morgan fingerprint density at radius 1 is 1.55 bits per heavy atom. The number of aromatic nitrogens is 2. The van der Waals surface area contributed by atoms with Crippen molar-refractivity contribution in [3.63, 3.8) is 0 Å². The predicted octanol–water partition coefficient (Wildman–Crippen LogP) is 2.12. The Kier molecular flexibility index (Phi) is 3.96. The third-order valence-corrected chi connectivity index (χ3v) is 4.55. The molecule has 1 aliphatic rings. The second kappa shape index (κ2) is 5.71. The van der Waals surface area contributed by atoms with E-state index in [1.54, 1.807) is 18.4 Å². The predicted molar refractivity (Wildman–Crippen MR) is 82.7 cm³/mol. The molecule has 0 spiro atoms. The van der Waals surface area contributed by atoms with Crippen molar-refractivity contribution in [1.82, 2.24) is 14.7 Å². The molecule has 1 atom stereocenters. The number of nitrogens with zero attached hydrogens (tertiary/aromatic N) is 3. The molecule has 1 unspecified atom stereocenters. The van der Waals surface area contributed by atoms with Crippen molar-refractivity contribution < 1.29 is 4.74 Å². The van der Waals surface area contributed by atoms with Crippen molar-refractivity contribution in [2.75, 3.05) is 25.1 Å². The first-order valence-electron chi connectivity index (χ1n) is 7.14. The SMILES string of the molecule is COC1CCN(c2nc3sccn3c2CNC(C)C)C1. The number of thiazole rings is 1. The van der Waals surface area contributed by atoms with E-state index in [-0.39, 0.29) is 0 Å². The van der Waals surface area contributed by atoms with Gasteiger partial charge in [0.05, 0.1) is 11.8 Å². The van der Waals surface area contributed by atoms with Crippen LogP contribution in [-0.4, -0.2) is 41.7 Å². The van der Waals surface area contributed by atoms with Crippen LogP contribution in [-0.2, 0) is 11.3 Å². The topological polar surface area (TPSA) is 41.8 Å². The van der Waals surface area contributed by atoms with E-state index >= 15 is 0 Å². The maximum absolute atomic E-state index is 5.47. The maximum atomic E-state index is 5.47. The van der Waals surface area contributed by atoms with Crippen LogP contribution in [0.3, 0.4) is 0 Å². The minimum absolute atomic E-state index is 0.334. The smallest absolute Gasteiger partial charge is 0.195 e. The van der Waals surface area contributed by atoms with Crippen molar-refractivity contribution in [1.29, 1.82) is 0 Å². The summed E-state index contributed by atoms with van der Waals surface area (Å²) in [6.45, 7) is 7.15. The van der Waals surface area contributed by atoms with E-state index in [9.17, 15) is 0 Å². The molecule has 1 N–H and O–H groups in total. The fourth-order valence-electron chi connectivity index (χ4n) is 2.65. The summed E-state index contributed by atoms with van der Waals surface area (Å²) >= 11 is 1.69. The zero-order valence-electron chi connectivity index (χ0n) is 12.3. The Labute approximate surface area is 123 Å². The van der Waals surface area contributed by atoms with E-state index < -0.39 is 0 Å². The van der Waals surface area contributed by atoms with Gasteiger partial charge in [0.2, 0.25) is 0 Å². The Hall–Kier alpha value is -1.11. The Morgan fingerprint density at radius 2 is 2.40 bits per heavy atom. The lowest BCUT2D eigenvalue weighted by Gasteiger charge is -2.18. The molecule has 1 saturated heterocycles. The highest BCUT2D eigenvalue weighted by molar-refractivity contribution is 7.15. The van der Waals surface area contributed by atoms with E-state index in [2.05, 4.69) is 40.0 Å². The fraction of sp³-hybridized carbons (Fsp3) is 0.643. The van der Waals surface area contributed by atoms with Gasteiger partial charge in [-0.25, -0.2) is 4.98 Å². The summed E-state index contributed by atoms with van der Waals surface area (Å²) in [6.07, 6.45) is 3.52.